The molecule has 4 nitrogen and oxygen atoms in total. The lowest BCUT2D eigenvalue weighted by molar-refractivity contribution is -0.131. The van der Waals surface area contributed by atoms with E-state index >= 15 is 0 Å². The number of carbonyl (C=O) groups excluding carboxylic acids is 2. The molecule has 0 aromatic heterocycles. The average Bonchev–Trinajstić information content (AvgIpc) is 2.47. The van der Waals surface area contributed by atoms with E-state index in [1.807, 2.05) is 0 Å². The van der Waals surface area contributed by atoms with E-state index in [2.05, 4.69) is 5.10 Å². The number of hydrogen-bond donors (Lipinski definition) is 0. The van der Waals surface area contributed by atoms with E-state index in [9.17, 15) is 9.59 Å². The van der Waals surface area contributed by atoms with Gasteiger partial charge in [-0.05, 0) is 31.2 Å². The Bertz CT molecular complexity index is 465. The smallest absolute Gasteiger partial charge is 0.282 e. The van der Waals surface area contributed by atoms with Crippen LogP contribution in [0.15, 0.2) is 29.4 Å². The summed E-state index contributed by atoms with van der Waals surface area (Å²) in [5.74, 6) is -1.19. The summed E-state index contributed by atoms with van der Waals surface area (Å²) in [5.41, 5.74) is 0.740. The van der Waals surface area contributed by atoms with Gasteiger partial charge in [0, 0.05) is 5.02 Å². The number of carbonyl (C=O) groups is 2. The molecular weight excluding hydrogens is 216 g/mol. The molecule has 5 heteroatoms. The van der Waals surface area contributed by atoms with Crippen LogP contribution in [-0.2, 0) is 9.59 Å². The third-order valence-electron chi connectivity index (χ3n) is 2.04. The minimum Gasteiger partial charge on any atom is -0.282 e. The van der Waals surface area contributed by atoms with E-state index in [0.717, 1.165) is 5.01 Å². The normalized spacial score (nSPS) is 15.9. The monoisotopic (exact) mass is 222 g/mol. The number of rotatable bonds is 1. The van der Waals surface area contributed by atoms with Crippen LogP contribution < -0.4 is 5.01 Å². The summed E-state index contributed by atoms with van der Waals surface area (Å²) in [6.45, 7) is 1.51. The van der Waals surface area contributed by atoms with E-state index in [1.165, 1.54) is 6.92 Å². The Morgan fingerprint density at radius 2 is 1.80 bits per heavy atom. The lowest BCUT2D eigenvalue weighted by atomic mass is 10.2. The first-order valence-corrected chi connectivity index (χ1v) is 4.67. The molecule has 0 saturated carbocycles. The van der Waals surface area contributed by atoms with Gasteiger partial charge in [0.2, 0.25) is 0 Å². The maximum atomic E-state index is 11.4. The molecule has 0 spiro atoms. The number of halogens is 1. The summed E-state index contributed by atoms with van der Waals surface area (Å²) in [4.78, 5) is 22.6. The van der Waals surface area contributed by atoms with Crippen LogP contribution in [0.5, 0.6) is 0 Å². The second-order valence-corrected chi connectivity index (χ2v) is 3.54. The Hall–Kier alpha value is -1.68. The Kier molecular flexibility index (Phi) is 2.28. The highest BCUT2D eigenvalue weighted by atomic mass is 35.5. The maximum absolute atomic E-state index is 11.4. The average molecular weight is 223 g/mol. The molecule has 1 aromatic rings. The minimum absolute atomic E-state index is 0.204. The van der Waals surface area contributed by atoms with Crippen molar-refractivity contribution in [3.8, 4) is 0 Å². The van der Waals surface area contributed by atoms with Crippen molar-refractivity contribution in [1.29, 1.82) is 0 Å². The number of amides is 1. The molecule has 0 fully saturated rings. The second kappa shape index (κ2) is 3.47. The SMILES string of the molecule is CC1=NN(c2ccc(Cl)cc2)C(=O)C1=O. The largest absolute Gasteiger partial charge is 0.321 e. The van der Waals surface area contributed by atoms with E-state index in [0.29, 0.717) is 10.7 Å². The third kappa shape index (κ3) is 1.64. The highest BCUT2D eigenvalue weighted by molar-refractivity contribution is 6.69. The number of hydrazone groups is 1. The Morgan fingerprint density at radius 3 is 2.27 bits per heavy atom. The highest BCUT2D eigenvalue weighted by Crippen LogP contribution is 2.21. The molecule has 1 heterocycles. The summed E-state index contributed by atoms with van der Waals surface area (Å²) in [7, 11) is 0. The van der Waals surface area contributed by atoms with Gasteiger partial charge < -0.3 is 0 Å². The zero-order valence-corrected chi connectivity index (χ0v) is 8.65. The van der Waals surface area contributed by atoms with Gasteiger partial charge in [-0.25, -0.2) is 0 Å². The molecule has 76 valence electrons. The van der Waals surface area contributed by atoms with Crippen LogP contribution in [0.3, 0.4) is 0 Å². The predicted molar refractivity (Wildman–Crippen MR) is 57.1 cm³/mol. The van der Waals surface area contributed by atoms with Gasteiger partial charge in [0.1, 0.15) is 5.71 Å². The fourth-order valence-corrected chi connectivity index (χ4v) is 1.38. The number of benzene rings is 1. The van der Waals surface area contributed by atoms with E-state index in [4.69, 9.17) is 11.6 Å². The number of Topliss-reactive ketones (excluding diaryl/α,β-unsaturated/α-hetero) is 1. The van der Waals surface area contributed by atoms with Crippen LogP contribution in [0.4, 0.5) is 5.69 Å². The number of ketones is 1. The molecule has 1 aliphatic rings. The second-order valence-electron chi connectivity index (χ2n) is 3.11. The Morgan fingerprint density at radius 1 is 1.20 bits per heavy atom. The molecule has 1 aliphatic heterocycles. The van der Waals surface area contributed by atoms with Crippen LogP contribution in [0.1, 0.15) is 6.92 Å². The predicted octanol–water partition coefficient (Wildman–Crippen LogP) is 1.63. The number of hydrogen-bond acceptors (Lipinski definition) is 3. The lowest BCUT2D eigenvalue weighted by Crippen LogP contribution is -2.26. The van der Waals surface area contributed by atoms with Crippen LogP contribution in [0, 0.1) is 0 Å². The summed E-state index contributed by atoms with van der Waals surface area (Å²) >= 11 is 5.71. The van der Waals surface area contributed by atoms with Crippen LogP contribution in [0.25, 0.3) is 0 Å². The van der Waals surface area contributed by atoms with Gasteiger partial charge in [0.05, 0.1) is 5.69 Å². The summed E-state index contributed by atoms with van der Waals surface area (Å²) in [6, 6.07) is 6.54. The number of anilines is 1. The standard InChI is InChI=1S/C10H7ClN2O2/c1-6-9(14)10(15)13(12-6)8-4-2-7(11)3-5-8/h2-5H,1H3. The van der Waals surface area contributed by atoms with Crippen molar-refractivity contribution in [3.63, 3.8) is 0 Å². The van der Waals surface area contributed by atoms with Crippen molar-refractivity contribution in [2.75, 3.05) is 5.01 Å². The molecule has 0 saturated heterocycles. The molecular formula is C10H7ClN2O2. The zero-order valence-electron chi connectivity index (χ0n) is 7.90. The van der Waals surface area contributed by atoms with Crippen molar-refractivity contribution >= 4 is 34.7 Å². The zero-order chi connectivity index (χ0) is 11.0. The van der Waals surface area contributed by atoms with Gasteiger partial charge in [-0.1, -0.05) is 11.6 Å². The molecule has 0 bridgehead atoms. The van der Waals surface area contributed by atoms with Gasteiger partial charge >= 0.3 is 5.91 Å². The van der Waals surface area contributed by atoms with Crippen molar-refractivity contribution in [2.24, 2.45) is 5.10 Å². The third-order valence-corrected chi connectivity index (χ3v) is 2.29. The van der Waals surface area contributed by atoms with Crippen LogP contribution in [0.2, 0.25) is 5.02 Å². The minimum atomic E-state index is -0.630. The molecule has 0 atom stereocenters. The van der Waals surface area contributed by atoms with Gasteiger partial charge in [-0.2, -0.15) is 10.1 Å². The molecule has 0 N–H and O–H groups in total. The topological polar surface area (TPSA) is 49.7 Å². The first-order valence-electron chi connectivity index (χ1n) is 4.29. The van der Waals surface area contributed by atoms with Crippen molar-refractivity contribution in [1.82, 2.24) is 0 Å². The van der Waals surface area contributed by atoms with E-state index < -0.39 is 11.7 Å². The fraction of sp³-hybridized carbons (Fsp3) is 0.100. The van der Waals surface area contributed by atoms with Gasteiger partial charge in [-0.15, -0.1) is 0 Å². The van der Waals surface area contributed by atoms with Crippen LogP contribution >= 0.6 is 11.6 Å². The first-order chi connectivity index (χ1) is 7.09. The highest BCUT2D eigenvalue weighted by Gasteiger charge is 2.31. The Balaban J connectivity index is 2.37. The Labute approximate surface area is 91.1 Å². The number of nitrogens with zero attached hydrogens (tertiary/aromatic N) is 2. The molecule has 0 radical (unpaired) electrons. The van der Waals surface area contributed by atoms with Gasteiger partial charge in [0.15, 0.2) is 0 Å². The first kappa shape index (κ1) is 9.86. The maximum Gasteiger partial charge on any atom is 0.321 e. The molecule has 1 amide bonds. The van der Waals surface area contributed by atoms with Gasteiger partial charge in [-0.3, -0.25) is 9.59 Å². The summed E-state index contributed by atoms with van der Waals surface area (Å²) in [5, 5.41) is 5.50. The van der Waals surface area contributed by atoms with E-state index in [-0.39, 0.29) is 5.71 Å². The summed E-state index contributed by atoms with van der Waals surface area (Å²) in [6.07, 6.45) is 0. The quantitative estimate of drug-likeness (QED) is 0.678. The van der Waals surface area contributed by atoms with E-state index in [1.54, 1.807) is 24.3 Å². The lowest BCUT2D eigenvalue weighted by Gasteiger charge is -2.09. The van der Waals surface area contributed by atoms with Crippen molar-refractivity contribution in [3.05, 3.63) is 29.3 Å². The molecule has 0 aliphatic carbocycles. The molecule has 15 heavy (non-hydrogen) atoms. The van der Waals surface area contributed by atoms with Crippen LogP contribution in [-0.4, -0.2) is 17.4 Å². The molecule has 0 unspecified atom stereocenters. The molecule has 1 aromatic carbocycles. The van der Waals surface area contributed by atoms with Crippen molar-refractivity contribution in [2.45, 2.75) is 6.92 Å². The summed E-state index contributed by atoms with van der Waals surface area (Å²) < 4.78 is 0. The van der Waals surface area contributed by atoms with Crippen molar-refractivity contribution < 1.29 is 9.59 Å². The fourth-order valence-electron chi connectivity index (χ4n) is 1.25. The molecule has 2 rings (SSSR count). The van der Waals surface area contributed by atoms with Gasteiger partial charge in [0.25, 0.3) is 5.78 Å².